The molecule has 0 aromatic carbocycles. The second-order valence-electron chi connectivity index (χ2n) is 4.77. The lowest BCUT2D eigenvalue weighted by Crippen LogP contribution is -2.36. The zero-order valence-corrected chi connectivity index (χ0v) is 11.3. The van der Waals surface area contributed by atoms with Crippen molar-refractivity contribution in [1.82, 2.24) is 20.4 Å². The highest BCUT2D eigenvalue weighted by Gasteiger charge is 2.32. The third kappa shape index (κ3) is 3.14. The van der Waals surface area contributed by atoms with Gasteiger partial charge in [0.25, 0.3) is 11.5 Å². The van der Waals surface area contributed by atoms with Gasteiger partial charge in [-0.2, -0.15) is 5.10 Å². The number of nitrogens with one attached hydrogen (secondary N) is 2. The molecule has 0 saturated carbocycles. The molecule has 0 bridgehead atoms. The summed E-state index contributed by atoms with van der Waals surface area (Å²) in [6, 6.07) is 2.61. The third-order valence-electron chi connectivity index (χ3n) is 2.93. The monoisotopic (exact) mass is 280 g/mol. The standard InChI is InChI=1S/C12H16N4O4/c1-7(2)16-6-8(20-12(16)19)5-13-11(18)9-3-4-10(17)15-14-9/h3-4,7-8H,5-6H2,1-2H3,(H,13,18)(H,15,17). The van der Waals surface area contributed by atoms with Gasteiger partial charge in [0.05, 0.1) is 13.1 Å². The number of nitrogens with zero attached hydrogens (tertiary/aromatic N) is 2. The highest BCUT2D eigenvalue weighted by Crippen LogP contribution is 2.13. The number of aromatic amines is 1. The van der Waals surface area contributed by atoms with E-state index in [0.29, 0.717) is 6.54 Å². The fourth-order valence-corrected chi connectivity index (χ4v) is 1.84. The van der Waals surface area contributed by atoms with E-state index >= 15 is 0 Å². The molecular formula is C12H16N4O4. The van der Waals surface area contributed by atoms with Crippen LogP contribution in [0.25, 0.3) is 0 Å². The quantitative estimate of drug-likeness (QED) is 0.790. The first-order valence-corrected chi connectivity index (χ1v) is 6.28. The Bertz CT molecular complexity index is 548. The molecule has 1 unspecified atom stereocenters. The van der Waals surface area contributed by atoms with Crippen LogP contribution >= 0.6 is 0 Å². The van der Waals surface area contributed by atoms with Crippen LogP contribution in [0.1, 0.15) is 24.3 Å². The predicted molar refractivity (Wildman–Crippen MR) is 69.3 cm³/mol. The van der Waals surface area contributed by atoms with E-state index in [1.807, 2.05) is 13.8 Å². The molecule has 1 saturated heterocycles. The van der Waals surface area contributed by atoms with Gasteiger partial charge in [0.1, 0.15) is 11.8 Å². The van der Waals surface area contributed by atoms with Crippen molar-refractivity contribution < 1.29 is 14.3 Å². The molecule has 2 N–H and O–H groups in total. The van der Waals surface area contributed by atoms with Crippen molar-refractivity contribution in [2.75, 3.05) is 13.1 Å². The molecule has 1 aliphatic heterocycles. The summed E-state index contributed by atoms with van der Waals surface area (Å²) in [4.78, 5) is 35.7. The van der Waals surface area contributed by atoms with Crippen LogP contribution in [0, 0.1) is 0 Å². The van der Waals surface area contributed by atoms with Crippen molar-refractivity contribution in [3.8, 4) is 0 Å². The van der Waals surface area contributed by atoms with Gasteiger partial charge in [0, 0.05) is 12.1 Å². The molecule has 1 aromatic heterocycles. The number of H-pyrrole nitrogens is 1. The Hall–Kier alpha value is -2.38. The second kappa shape index (κ2) is 5.72. The number of amides is 2. The molecule has 1 fully saturated rings. The van der Waals surface area contributed by atoms with E-state index in [-0.39, 0.29) is 36.0 Å². The minimum atomic E-state index is -0.430. The summed E-state index contributed by atoms with van der Waals surface area (Å²) >= 11 is 0. The number of aromatic nitrogens is 2. The first-order chi connectivity index (χ1) is 9.47. The van der Waals surface area contributed by atoms with Gasteiger partial charge in [0.2, 0.25) is 0 Å². The highest BCUT2D eigenvalue weighted by atomic mass is 16.6. The zero-order chi connectivity index (χ0) is 14.7. The Balaban J connectivity index is 1.87. The molecule has 108 valence electrons. The predicted octanol–water partition coefficient (Wildman–Crippen LogP) is -0.271. The van der Waals surface area contributed by atoms with E-state index in [1.54, 1.807) is 4.90 Å². The van der Waals surface area contributed by atoms with Gasteiger partial charge in [-0.25, -0.2) is 9.89 Å². The Morgan fingerprint density at radius 1 is 1.55 bits per heavy atom. The van der Waals surface area contributed by atoms with Crippen LogP contribution in [0.15, 0.2) is 16.9 Å². The molecule has 2 amide bonds. The van der Waals surface area contributed by atoms with E-state index in [9.17, 15) is 14.4 Å². The summed E-state index contributed by atoms with van der Waals surface area (Å²) in [5.41, 5.74) is -0.270. The lowest BCUT2D eigenvalue weighted by Gasteiger charge is -2.16. The molecule has 1 atom stereocenters. The lowest BCUT2D eigenvalue weighted by molar-refractivity contribution is 0.0908. The second-order valence-corrected chi connectivity index (χ2v) is 4.77. The maximum atomic E-state index is 11.8. The van der Waals surface area contributed by atoms with Crippen molar-refractivity contribution in [2.45, 2.75) is 26.0 Å². The summed E-state index contributed by atoms with van der Waals surface area (Å²) in [6.45, 7) is 4.43. The molecule has 1 aliphatic rings. The molecule has 0 radical (unpaired) electrons. The van der Waals surface area contributed by atoms with Crippen LogP contribution in [0.4, 0.5) is 4.79 Å². The molecule has 0 aliphatic carbocycles. The van der Waals surface area contributed by atoms with Crippen LogP contribution in [-0.4, -0.2) is 52.3 Å². The van der Waals surface area contributed by atoms with Crippen LogP contribution < -0.4 is 10.9 Å². The fourth-order valence-electron chi connectivity index (χ4n) is 1.84. The van der Waals surface area contributed by atoms with Crippen molar-refractivity contribution >= 4 is 12.0 Å². The Kier molecular flexibility index (Phi) is 4.02. The fraction of sp³-hybridized carbons (Fsp3) is 0.500. The van der Waals surface area contributed by atoms with Crippen molar-refractivity contribution in [2.24, 2.45) is 0 Å². The molecule has 8 nitrogen and oxygen atoms in total. The van der Waals surface area contributed by atoms with Gasteiger partial charge in [-0.05, 0) is 19.9 Å². The normalized spacial score (nSPS) is 18.2. The number of carbonyl (C=O) groups excluding carboxylic acids is 2. The molecule has 0 spiro atoms. The molecule has 8 heteroatoms. The number of hydrogen-bond acceptors (Lipinski definition) is 5. The van der Waals surface area contributed by atoms with Crippen LogP contribution in [0.5, 0.6) is 0 Å². The number of hydrogen-bond donors (Lipinski definition) is 2. The van der Waals surface area contributed by atoms with Gasteiger partial charge in [-0.3, -0.25) is 9.59 Å². The first-order valence-electron chi connectivity index (χ1n) is 6.28. The Morgan fingerprint density at radius 2 is 2.30 bits per heavy atom. The van der Waals surface area contributed by atoms with Gasteiger partial charge < -0.3 is 15.0 Å². The molecule has 1 aromatic rings. The average molecular weight is 280 g/mol. The lowest BCUT2D eigenvalue weighted by atomic mass is 10.3. The smallest absolute Gasteiger partial charge is 0.410 e. The summed E-state index contributed by atoms with van der Waals surface area (Å²) in [5, 5.41) is 8.40. The minimum absolute atomic E-state index is 0.0593. The van der Waals surface area contributed by atoms with Crippen LogP contribution in [-0.2, 0) is 4.74 Å². The maximum Gasteiger partial charge on any atom is 0.410 e. The van der Waals surface area contributed by atoms with E-state index in [0.717, 1.165) is 0 Å². The van der Waals surface area contributed by atoms with E-state index in [2.05, 4.69) is 15.5 Å². The number of carbonyl (C=O) groups is 2. The van der Waals surface area contributed by atoms with Gasteiger partial charge in [0.15, 0.2) is 0 Å². The van der Waals surface area contributed by atoms with E-state index in [4.69, 9.17) is 4.74 Å². The molecule has 2 heterocycles. The molecule has 20 heavy (non-hydrogen) atoms. The topological polar surface area (TPSA) is 104 Å². The molecule has 2 rings (SSSR count). The van der Waals surface area contributed by atoms with Crippen LogP contribution in [0.2, 0.25) is 0 Å². The van der Waals surface area contributed by atoms with Gasteiger partial charge in [-0.15, -0.1) is 0 Å². The van der Waals surface area contributed by atoms with Crippen molar-refractivity contribution in [1.29, 1.82) is 0 Å². The average Bonchev–Trinajstić information content (AvgIpc) is 2.78. The highest BCUT2D eigenvalue weighted by molar-refractivity contribution is 5.92. The largest absolute Gasteiger partial charge is 0.442 e. The van der Waals surface area contributed by atoms with E-state index in [1.165, 1.54) is 12.1 Å². The summed E-state index contributed by atoms with van der Waals surface area (Å²) in [5.74, 6) is -0.430. The maximum absolute atomic E-state index is 11.8. The Labute approximate surface area is 115 Å². The first kappa shape index (κ1) is 14.0. The number of ether oxygens (including phenoxy) is 1. The SMILES string of the molecule is CC(C)N1CC(CNC(=O)c2ccc(=O)[nH]n2)OC1=O. The van der Waals surface area contributed by atoms with E-state index < -0.39 is 5.91 Å². The third-order valence-corrected chi connectivity index (χ3v) is 2.93. The summed E-state index contributed by atoms with van der Waals surface area (Å²) in [7, 11) is 0. The Morgan fingerprint density at radius 3 is 2.85 bits per heavy atom. The summed E-state index contributed by atoms with van der Waals surface area (Å²) < 4.78 is 5.13. The van der Waals surface area contributed by atoms with Gasteiger partial charge >= 0.3 is 6.09 Å². The van der Waals surface area contributed by atoms with Crippen molar-refractivity contribution in [3.63, 3.8) is 0 Å². The number of cyclic esters (lactones) is 1. The van der Waals surface area contributed by atoms with Crippen molar-refractivity contribution in [3.05, 3.63) is 28.2 Å². The summed E-state index contributed by atoms with van der Waals surface area (Å²) in [6.07, 6.45) is -0.752. The zero-order valence-electron chi connectivity index (χ0n) is 11.3. The van der Waals surface area contributed by atoms with Gasteiger partial charge in [-0.1, -0.05) is 0 Å². The van der Waals surface area contributed by atoms with Crippen LogP contribution in [0.3, 0.4) is 0 Å². The molecular weight excluding hydrogens is 264 g/mol. The minimum Gasteiger partial charge on any atom is -0.442 e. The number of rotatable bonds is 4.